The summed E-state index contributed by atoms with van der Waals surface area (Å²) in [4.78, 5) is 0. The fourth-order valence-electron chi connectivity index (χ4n) is 2.87. The number of benzene rings is 2. The van der Waals surface area contributed by atoms with E-state index in [1.807, 2.05) is 25.1 Å². The first-order chi connectivity index (χ1) is 9.92. The molecule has 0 aliphatic heterocycles. The van der Waals surface area contributed by atoms with E-state index in [0.29, 0.717) is 6.54 Å². The fraction of sp³-hybridized carbons (Fsp3) is 0.333. The van der Waals surface area contributed by atoms with Crippen LogP contribution in [0.1, 0.15) is 33.9 Å². The Bertz CT molecular complexity index is 627. The molecule has 0 aromatic heterocycles. The molecule has 0 bridgehead atoms. The van der Waals surface area contributed by atoms with E-state index in [0.717, 1.165) is 16.3 Å². The van der Waals surface area contributed by atoms with Crippen LogP contribution in [0.4, 0.5) is 5.69 Å². The van der Waals surface area contributed by atoms with Crippen LogP contribution in [0.25, 0.3) is 0 Å². The van der Waals surface area contributed by atoms with Crippen molar-refractivity contribution in [1.82, 2.24) is 0 Å². The predicted molar refractivity (Wildman–Crippen MR) is 92.3 cm³/mol. The van der Waals surface area contributed by atoms with Crippen LogP contribution in [0.5, 0.6) is 0 Å². The van der Waals surface area contributed by atoms with E-state index in [4.69, 9.17) is 17.3 Å². The monoisotopic (exact) mass is 302 g/mol. The summed E-state index contributed by atoms with van der Waals surface area (Å²) in [5.74, 6) is 0. The number of halogens is 1. The second-order valence-corrected chi connectivity index (χ2v) is 6.12. The van der Waals surface area contributed by atoms with Crippen LogP contribution in [0.2, 0.25) is 5.02 Å². The molecule has 0 spiro atoms. The lowest BCUT2D eigenvalue weighted by molar-refractivity contribution is 0.776. The summed E-state index contributed by atoms with van der Waals surface area (Å²) in [6.45, 7) is 8.94. The van der Waals surface area contributed by atoms with Gasteiger partial charge in [-0.1, -0.05) is 35.4 Å². The summed E-state index contributed by atoms with van der Waals surface area (Å²) in [7, 11) is 0. The minimum atomic E-state index is 0.0874. The Morgan fingerprint density at radius 2 is 1.62 bits per heavy atom. The van der Waals surface area contributed by atoms with Gasteiger partial charge in [0.2, 0.25) is 0 Å². The number of nitrogens with one attached hydrogen (secondary N) is 1. The summed E-state index contributed by atoms with van der Waals surface area (Å²) in [6, 6.07) is 10.5. The van der Waals surface area contributed by atoms with Gasteiger partial charge in [-0.15, -0.1) is 0 Å². The molecular weight excluding hydrogens is 280 g/mol. The second-order valence-electron chi connectivity index (χ2n) is 5.71. The van der Waals surface area contributed by atoms with Crippen molar-refractivity contribution in [2.45, 2.75) is 33.7 Å². The van der Waals surface area contributed by atoms with Gasteiger partial charge in [-0.3, -0.25) is 0 Å². The van der Waals surface area contributed by atoms with Gasteiger partial charge in [-0.2, -0.15) is 0 Å². The SMILES string of the molecule is Cc1cc(C)c(C(CN)Nc2ccc(C)c(Cl)c2)c(C)c1. The van der Waals surface area contributed by atoms with Gasteiger partial charge >= 0.3 is 0 Å². The van der Waals surface area contributed by atoms with Gasteiger partial charge in [-0.25, -0.2) is 0 Å². The summed E-state index contributed by atoms with van der Waals surface area (Å²) in [5, 5.41) is 4.28. The van der Waals surface area contributed by atoms with Crippen LogP contribution in [0, 0.1) is 27.7 Å². The largest absolute Gasteiger partial charge is 0.377 e. The smallest absolute Gasteiger partial charge is 0.0641 e. The summed E-state index contributed by atoms with van der Waals surface area (Å²) in [6.07, 6.45) is 0. The molecule has 0 saturated carbocycles. The second kappa shape index (κ2) is 6.50. The van der Waals surface area contributed by atoms with Crippen LogP contribution in [0.3, 0.4) is 0 Å². The molecule has 0 aliphatic rings. The lowest BCUT2D eigenvalue weighted by Crippen LogP contribution is -2.22. The van der Waals surface area contributed by atoms with Crippen molar-refractivity contribution in [2.24, 2.45) is 5.73 Å². The molecule has 1 unspecified atom stereocenters. The molecule has 2 rings (SSSR count). The average molecular weight is 303 g/mol. The number of rotatable bonds is 4. The van der Waals surface area contributed by atoms with E-state index >= 15 is 0 Å². The molecule has 2 aromatic carbocycles. The van der Waals surface area contributed by atoms with Gasteiger partial charge in [0.15, 0.2) is 0 Å². The Labute approximate surface area is 132 Å². The molecule has 1 atom stereocenters. The van der Waals surface area contributed by atoms with E-state index in [2.05, 4.69) is 38.2 Å². The number of hydrogen-bond acceptors (Lipinski definition) is 2. The van der Waals surface area contributed by atoms with Crippen molar-refractivity contribution < 1.29 is 0 Å². The van der Waals surface area contributed by atoms with Gasteiger partial charge in [0.1, 0.15) is 0 Å². The minimum absolute atomic E-state index is 0.0874. The number of aryl methyl sites for hydroxylation is 4. The van der Waals surface area contributed by atoms with Crippen molar-refractivity contribution in [3.05, 3.63) is 63.2 Å². The Kier molecular flexibility index (Phi) is 4.92. The molecule has 0 amide bonds. The Morgan fingerprint density at radius 3 is 2.14 bits per heavy atom. The third-order valence-corrected chi connectivity index (χ3v) is 4.24. The molecule has 0 saturated heterocycles. The van der Waals surface area contributed by atoms with Crippen molar-refractivity contribution in [3.63, 3.8) is 0 Å². The summed E-state index contributed by atoms with van der Waals surface area (Å²) >= 11 is 6.20. The maximum atomic E-state index is 6.20. The highest BCUT2D eigenvalue weighted by Gasteiger charge is 2.15. The molecule has 0 aliphatic carbocycles. The lowest BCUT2D eigenvalue weighted by atomic mass is 9.94. The molecule has 0 heterocycles. The quantitative estimate of drug-likeness (QED) is 0.860. The normalized spacial score (nSPS) is 12.3. The predicted octanol–water partition coefficient (Wildman–Crippen LogP) is 4.69. The highest BCUT2D eigenvalue weighted by atomic mass is 35.5. The highest BCUT2D eigenvalue weighted by molar-refractivity contribution is 6.31. The van der Waals surface area contributed by atoms with E-state index in [9.17, 15) is 0 Å². The molecule has 2 aromatic rings. The van der Waals surface area contributed by atoms with Crippen LogP contribution < -0.4 is 11.1 Å². The first-order valence-corrected chi connectivity index (χ1v) is 7.60. The van der Waals surface area contributed by atoms with E-state index in [1.54, 1.807) is 0 Å². The topological polar surface area (TPSA) is 38.0 Å². The molecule has 21 heavy (non-hydrogen) atoms. The molecule has 3 N–H and O–H groups in total. The zero-order valence-corrected chi connectivity index (χ0v) is 13.9. The third-order valence-electron chi connectivity index (χ3n) is 3.83. The first kappa shape index (κ1) is 15.9. The van der Waals surface area contributed by atoms with Crippen molar-refractivity contribution in [1.29, 1.82) is 0 Å². The number of anilines is 1. The zero-order chi connectivity index (χ0) is 15.6. The minimum Gasteiger partial charge on any atom is -0.377 e. The Morgan fingerprint density at radius 1 is 1.00 bits per heavy atom. The van der Waals surface area contributed by atoms with E-state index < -0.39 is 0 Å². The molecule has 0 fully saturated rings. The maximum Gasteiger partial charge on any atom is 0.0641 e. The Balaban J connectivity index is 2.34. The molecule has 0 radical (unpaired) electrons. The third kappa shape index (κ3) is 3.58. The van der Waals surface area contributed by atoms with Crippen LogP contribution >= 0.6 is 11.6 Å². The van der Waals surface area contributed by atoms with Crippen molar-refractivity contribution >= 4 is 17.3 Å². The molecule has 3 heteroatoms. The van der Waals surface area contributed by atoms with Crippen molar-refractivity contribution in [2.75, 3.05) is 11.9 Å². The molecule has 112 valence electrons. The summed E-state index contributed by atoms with van der Waals surface area (Å²) < 4.78 is 0. The average Bonchev–Trinajstić information content (AvgIpc) is 2.40. The van der Waals surface area contributed by atoms with Gasteiger partial charge < -0.3 is 11.1 Å². The number of nitrogens with two attached hydrogens (primary N) is 1. The molecule has 2 nitrogen and oxygen atoms in total. The summed E-state index contributed by atoms with van der Waals surface area (Å²) in [5.41, 5.74) is 13.2. The van der Waals surface area contributed by atoms with Gasteiger partial charge in [-0.05, 0) is 62.1 Å². The van der Waals surface area contributed by atoms with Crippen molar-refractivity contribution in [3.8, 4) is 0 Å². The standard InChI is InChI=1S/C18H23ClN2/c1-11-7-13(3)18(14(4)8-11)17(10-20)21-15-6-5-12(2)16(19)9-15/h5-9,17,21H,10,20H2,1-4H3. The number of hydrogen-bond donors (Lipinski definition) is 2. The van der Waals surface area contributed by atoms with Crippen LogP contribution in [-0.4, -0.2) is 6.54 Å². The highest BCUT2D eigenvalue weighted by Crippen LogP contribution is 2.28. The zero-order valence-electron chi connectivity index (χ0n) is 13.1. The first-order valence-electron chi connectivity index (χ1n) is 7.23. The van der Waals surface area contributed by atoms with E-state index in [1.165, 1.54) is 22.3 Å². The van der Waals surface area contributed by atoms with Gasteiger partial charge in [0, 0.05) is 17.3 Å². The van der Waals surface area contributed by atoms with Crippen LogP contribution in [0.15, 0.2) is 30.3 Å². The fourth-order valence-corrected chi connectivity index (χ4v) is 3.05. The Hall–Kier alpha value is -1.51. The van der Waals surface area contributed by atoms with Crippen LogP contribution in [-0.2, 0) is 0 Å². The molecular formula is C18H23ClN2. The van der Waals surface area contributed by atoms with E-state index in [-0.39, 0.29) is 6.04 Å². The van der Waals surface area contributed by atoms with Gasteiger partial charge in [0.25, 0.3) is 0 Å². The maximum absolute atomic E-state index is 6.20. The van der Waals surface area contributed by atoms with Gasteiger partial charge in [0.05, 0.1) is 6.04 Å². The lowest BCUT2D eigenvalue weighted by Gasteiger charge is -2.23.